The number of carboxylic acids is 1. The molecule has 1 aromatic heterocycles. The number of ether oxygens (including phenoxy) is 5. The van der Waals surface area contributed by atoms with E-state index in [-0.39, 0.29) is 81.4 Å². The number of amides is 4. The summed E-state index contributed by atoms with van der Waals surface area (Å²) in [5, 5.41) is 17.8. The summed E-state index contributed by atoms with van der Waals surface area (Å²) in [6.07, 6.45) is 2.06. The Bertz CT molecular complexity index is 1970. The van der Waals surface area contributed by atoms with Gasteiger partial charge in [0.15, 0.2) is 0 Å². The predicted molar refractivity (Wildman–Crippen MR) is 250 cm³/mol. The molecule has 0 bridgehead atoms. The number of aromatic nitrogens is 1. The van der Waals surface area contributed by atoms with Crippen LogP contribution in [0, 0.1) is 17.0 Å². The Morgan fingerprint density at radius 2 is 1.49 bits per heavy atom. The lowest BCUT2D eigenvalue weighted by atomic mass is 9.83. The summed E-state index contributed by atoms with van der Waals surface area (Å²) in [4.78, 5) is 64.5. The molecule has 0 aliphatic heterocycles. The van der Waals surface area contributed by atoms with Gasteiger partial charge in [-0.2, -0.15) is 0 Å². The number of carbonyl (C=O) groups is 5. The smallest absolute Gasteiger partial charge is 0.407 e. The molecule has 0 saturated carbocycles. The molecule has 17 nitrogen and oxygen atoms in total. The molecule has 20 heteroatoms. The Morgan fingerprint density at radius 3 is 2.12 bits per heavy atom. The number of nitrogens with zero attached hydrogens (tertiary/aromatic N) is 2. The van der Waals surface area contributed by atoms with Crippen LogP contribution in [-0.2, 0) is 49.4 Å². The van der Waals surface area contributed by atoms with Crippen molar-refractivity contribution >= 4 is 41.5 Å². The minimum atomic E-state index is -1.30. The first kappa shape index (κ1) is 56.2. The Kier molecular flexibility index (Phi) is 26.0. The first-order valence-corrected chi connectivity index (χ1v) is 23.6. The van der Waals surface area contributed by atoms with Gasteiger partial charge in [-0.3, -0.25) is 14.4 Å². The van der Waals surface area contributed by atoms with Crippen LogP contribution in [0.3, 0.4) is 0 Å². The van der Waals surface area contributed by atoms with E-state index >= 15 is 4.39 Å². The average Bonchev–Trinajstić information content (AvgIpc) is 3.69. The van der Waals surface area contributed by atoms with E-state index in [1.807, 2.05) is 62.6 Å². The lowest BCUT2D eigenvalue weighted by molar-refractivity contribution is -0.141. The normalized spacial score (nSPS) is 12.3. The first-order chi connectivity index (χ1) is 32.1. The number of hydrogen-bond acceptors (Lipinski definition) is 12. The molecule has 1 heterocycles. The molecule has 0 aliphatic rings. The highest BCUT2D eigenvalue weighted by Crippen LogP contribution is 2.41. The summed E-state index contributed by atoms with van der Waals surface area (Å²) in [6.45, 7) is 11.3. The van der Waals surface area contributed by atoms with Gasteiger partial charge < -0.3 is 59.9 Å². The van der Waals surface area contributed by atoms with E-state index in [0.29, 0.717) is 70.2 Å². The van der Waals surface area contributed by atoms with E-state index in [0.717, 1.165) is 35.5 Å². The van der Waals surface area contributed by atoms with Crippen LogP contribution < -0.4 is 21.7 Å². The molecule has 0 unspecified atom stereocenters. The summed E-state index contributed by atoms with van der Waals surface area (Å²) >= 11 is 1.05. The maximum Gasteiger partial charge on any atom is 0.407 e. The summed E-state index contributed by atoms with van der Waals surface area (Å²) in [6, 6.07) is 12.7. The molecule has 67 heavy (non-hydrogen) atoms. The highest BCUT2D eigenvalue weighted by atomic mass is 32.2. The monoisotopic (exact) mass is 962 g/mol. The molecule has 0 fully saturated rings. The number of aliphatic carboxylic acids is 1. The minimum Gasteiger partial charge on any atom is -0.480 e. The average molecular weight is 963 g/mol. The standard InChI is InChI=1S/C47H68F2N6O11S/c1-5-18-66-46(61)52-15-9-17-55(44(47(2,3)4)40-27-35(37-28-36(48)12-13-38(37)49)31-54(40)30-34-10-7-6-8-11-34)43(58)33-67-32-39(45(59)60)53-41(56)14-19-62-21-23-64-25-26-65-24-22-63-20-16-51-42(57)29-50/h6-8,10-13,27-28,31,39,44H,5,9,14-26,29-30,32-33,50H2,1-4H3,(H,51,57)(H,52,61)(H,53,56)(H,59,60)/t39-,44-/m0/s1. The van der Waals surface area contributed by atoms with Crippen molar-refractivity contribution in [2.45, 2.75) is 65.6 Å². The van der Waals surface area contributed by atoms with E-state index in [1.165, 1.54) is 0 Å². The maximum atomic E-state index is 15.3. The van der Waals surface area contributed by atoms with E-state index in [2.05, 4.69) is 16.0 Å². The number of carboxylic acid groups (broad SMARTS) is 1. The first-order valence-electron chi connectivity index (χ1n) is 22.4. The van der Waals surface area contributed by atoms with E-state index in [9.17, 15) is 33.5 Å². The van der Waals surface area contributed by atoms with Crippen molar-refractivity contribution in [2.24, 2.45) is 11.1 Å². The molecule has 0 saturated heterocycles. The van der Waals surface area contributed by atoms with Gasteiger partial charge in [0.1, 0.15) is 17.7 Å². The second-order valence-electron chi connectivity index (χ2n) is 16.4. The fraction of sp³-hybridized carbons (Fsp3) is 0.553. The second-order valence-corrected chi connectivity index (χ2v) is 17.4. The molecule has 0 aliphatic carbocycles. The third kappa shape index (κ3) is 21.6. The van der Waals surface area contributed by atoms with Crippen molar-refractivity contribution in [1.29, 1.82) is 0 Å². The van der Waals surface area contributed by atoms with E-state index < -0.39 is 47.1 Å². The van der Waals surface area contributed by atoms with Crippen LogP contribution in [0.15, 0.2) is 60.8 Å². The zero-order valence-electron chi connectivity index (χ0n) is 39.0. The number of rotatable bonds is 33. The number of benzene rings is 2. The molecule has 2 aromatic carbocycles. The Balaban J connectivity index is 1.63. The number of carbonyl (C=O) groups excluding carboxylic acids is 4. The quantitative estimate of drug-likeness (QED) is 0.0521. The summed E-state index contributed by atoms with van der Waals surface area (Å²) < 4.78 is 58.5. The Hall–Kier alpha value is -5.12. The Morgan fingerprint density at radius 1 is 0.836 bits per heavy atom. The topological polar surface area (TPSA) is 222 Å². The number of thioether (sulfide) groups is 1. The highest BCUT2D eigenvalue weighted by molar-refractivity contribution is 8.00. The molecule has 2 atom stereocenters. The van der Waals surface area contributed by atoms with Gasteiger partial charge in [-0.05, 0) is 48.1 Å². The molecule has 3 rings (SSSR count). The molecule has 3 aromatic rings. The minimum absolute atomic E-state index is 0.0284. The molecule has 4 amide bonds. The molecule has 0 spiro atoms. The van der Waals surface area contributed by atoms with Gasteiger partial charge in [-0.15, -0.1) is 11.8 Å². The predicted octanol–water partition coefficient (Wildman–Crippen LogP) is 4.76. The molecular weight excluding hydrogens is 895 g/mol. The maximum absolute atomic E-state index is 15.3. The second kappa shape index (κ2) is 31.0. The van der Waals surface area contributed by atoms with Crippen molar-refractivity contribution in [3.8, 4) is 11.1 Å². The van der Waals surface area contributed by atoms with Gasteiger partial charge in [0.25, 0.3) is 0 Å². The largest absolute Gasteiger partial charge is 0.480 e. The third-order valence-corrected chi connectivity index (χ3v) is 10.9. The van der Waals surface area contributed by atoms with Gasteiger partial charge in [-0.25, -0.2) is 18.4 Å². The van der Waals surface area contributed by atoms with Crippen LogP contribution in [0.5, 0.6) is 0 Å². The third-order valence-electron chi connectivity index (χ3n) is 9.87. The summed E-state index contributed by atoms with van der Waals surface area (Å²) in [5.41, 5.74) is 6.65. The summed E-state index contributed by atoms with van der Waals surface area (Å²) in [5.74, 6) is -3.87. The van der Waals surface area contributed by atoms with Crippen LogP contribution >= 0.6 is 11.8 Å². The van der Waals surface area contributed by atoms with Crippen molar-refractivity contribution in [3.63, 3.8) is 0 Å². The molecule has 0 radical (unpaired) electrons. The van der Waals surface area contributed by atoms with Crippen LogP contribution in [-0.4, -0.2) is 148 Å². The van der Waals surface area contributed by atoms with Crippen molar-refractivity contribution in [1.82, 2.24) is 25.4 Å². The van der Waals surface area contributed by atoms with E-state index in [1.54, 1.807) is 17.2 Å². The zero-order chi connectivity index (χ0) is 49.0. The zero-order valence-corrected chi connectivity index (χ0v) is 39.8. The van der Waals surface area contributed by atoms with Crippen molar-refractivity contribution in [2.75, 3.05) is 97.1 Å². The fourth-order valence-corrected chi connectivity index (χ4v) is 7.66. The lowest BCUT2D eigenvalue weighted by Gasteiger charge is -2.41. The van der Waals surface area contributed by atoms with Crippen molar-refractivity contribution in [3.05, 3.63) is 83.7 Å². The Labute approximate surface area is 396 Å². The number of alkyl carbamates (subject to hydrolysis) is 1. The van der Waals surface area contributed by atoms with Gasteiger partial charge in [0.05, 0.1) is 77.8 Å². The van der Waals surface area contributed by atoms with Gasteiger partial charge >= 0.3 is 12.1 Å². The van der Waals surface area contributed by atoms with Gasteiger partial charge in [0, 0.05) is 61.4 Å². The molecule has 6 N–H and O–H groups in total. The highest BCUT2D eigenvalue weighted by Gasteiger charge is 2.37. The SMILES string of the molecule is CCCOC(=O)NCCCN(C(=O)CSC[C@H](NC(=O)CCOCCOCCOCCOCCNC(=O)CN)C(=O)O)[C@@H](c1cc(-c2cc(F)ccc2F)cn1Cc1ccccc1)C(C)(C)C. The van der Waals surface area contributed by atoms with E-state index in [4.69, 9.17) is 29.4 Å². The number of nitrogens with one attached hydrogen (secondary N) is 3. The van der Waals surface area contributed by atoms with Crippen LogP contribution in [0.4, 0.5) is 13.6 Å². The van der Waals surface area contributed by atoms with Crippen LogP contribution in [0.2, 0.25) is 0 Å². The lowest BCUT2D eigenvalue weighted by Crippen LogP contribution is -2.45. The molecule has 372 valence electrons. The van der Waals surface area contributed by atoms with Crippen LogP contribution in [0.1, 0.15) is 64.3 Å². The van der Waals surface area contributed by atoms with Gasteiger partial charge in [0.2, 0.25) is 17.7 Å². The fourth-order valence-electron chi connectivity index (χ4n) is 6.74. The summed E-state index contributed by atoms with van der Waals surface area (Å²) in [7, 11) is 0. The number of halogens is 2. The number of nitrogens with two attached hydrogens (primary N) is 1. The van der Waals surface area contributed by atoms with Crippen LogP contribution in [0.25, 0.3) is 11.1 Å². The molecular formula is C47H68F2N6O11S. The van der Waals surface area contributed by atoms with Gasteiger partial charge in [-0.1, -0.05) is 58.0 Å². The number of hydrogen-bond donors (Lipinski definition) is 5. The van der Waals surface area contributed by atoms with Crippen molar-refractivity contribution < 1.29 is 61.5 Å².